The molecule has 1 fully saturated rings. The predicted octanol–water partition coefficient (Wildman–Crippen LogP) is 6.69. The molecule has 194 valence electrons. The lowest BCUT2D eigenvalue weighted by Gasteiger charge is -2.13. The number of carbonyl (C=O) groups excluding carboxylic acids is 2. The van der Waals surface area contributed by atoms with Crippen LogP contribution in [-0.4, -0.2) is 32.5 Å². The molecule has 3 aromatic rings. The van der Waals surface area contributed by atoms with Crippen LogP contribution in [0.2, 0.25) is 0 Å². The van der Waals surface area contributed by atoms with Crippen molar-refractivity contribution in [1.82, 2.24) is 4.90 Å². The highest BCUT2D eigenvalue weighted by Crippen LogP contribution is 2.40. The van der Waals surface area contributed by atoms with Crippen LogP contribution in [0.3, 0.4) is 0 Å². The highest BCUT2D eigenvalue weighted by atomic mass is 79.9. The summed E-state index contributed by atoms with van der Waals surface area (Å²) < 4.78 is 12.2. The summed E-state index contributed by atoms with van der Waals surface area (Å²) in [5.74, 6) is -0.279. The van der Waals surface area contributed by atoms with E-state index in [9.17, 15) is 29.8 Å². The third-order valence-corrected chi connectivity index (χ3v) is 6.70. The first-order valence-corrected chi connectivity index (χ1v) is 12.6. The zero-order valence-electron chi connectivity index (χ0n) is 19.7. The van der Waals surface area contributed by atoms with Crippen molar-refractivity contribution >= 4 is 56.3 Å². The third-order valence-electron chi connectivity index (χ3n) is 5.26. The molecule has 4 rings (SSSR count). The molecule has 1 heterocycles. The van der Waals surface area contributed by atoms with E-state index < -0.39 is 27.1 Å². The molecule has 3 aromatic carbocycles. The van der Waals surface area contributed by atoms with E-state index in [1.165, 1.54) is 6.07 Å². The Kier molecular flexibility index (Phi) is 8.08. The van der Waals surface area contributed by atoms with Crippen molar-refractivity contribution in [1.29, 1.82) is 0 Å². The van der Waals surface area contributed by atoms with Gasteiger partial charge in [-0.3, -0.25) is 34.7 Å². The second-order valence-corrected chi connectivity index (χ2v) is 9.71. The van der Waals surface area contributed by atoms with Gasteiger partial charge in [-0.05, 0) is 66.2 Å². The van der Waals surface area contributed by atoms with E-state index in [2.05, 4.69) is 15.9 Å². The molecule has 0 aliphatic carbocycles. The fourth-order valence-corrected chi connectivity index (χ4v) is 4.60. The van der Waals surface area contributed by atoms with Gasteiger partial charge in [0.25, 0.3) is 16.8 Å². The maximum Gasteiger partial charge on any atom is 0.318 e. The van der Waals surface area contributed by atoms with E-state index in [1.54, 1.807) is 25.1 Å². The maximum absolute atomic E-state index is 12.9. The first kappa shape index (κ1) is 26.8. The van der Waals surface area contributed by atoms with E-state index in [-0.39, 0.29) is 40.5 Å². The van der Waals surface area contributed by atoms with Crippen LogP contribution >= 0.6 is 27.7 Å². The molecule has 13 heteroatoms. The number of hydrogen-bond donors (Lipinski definition) is 0. The van der Waals surface area contributed by atoms with Crippen molar-refractivity contribution in [3.63, 3.8) is 0 Å². The molecule has 11 nitrogen and oxygen atoms in total. The first-order chi connectivity index (χ1) is 18.2. The number of hydrogen-bond acceptors (Lipinski definition) is 9. The minimum absolute atomic E-state index is 0.129. The first-order valence-electron chi connectivity index (χ1n) is 11.0. The van der Waals surface area contributed by atoms with Gasteiger partial charge in [-0.25, -0.2) is 0 Å². The van der Waals surface area contributed by atoms with Gasteiger partial charge < -0.3 is 9.47 Å². The van der Waals surface area contributed by atoms with Crippen LogP contribution in [0, 0.1) is 20.2 Å². The number of nitrogens with zero attached hydrogens (tertiary/aromatic N) is 3. The number of benzene rings is 3. The van der Waals surface area contributed by atoms with E-state index in [0.717, 1.165) is 44.9 Å². The quantitative estimate of drug-likeness (QED) is 0.149. The van der Waals surface area contributed by atoms with Gasteiger partial charge in [0.05, 0.1) is 34.0 Å². The van der Waals surface area contributed by atoms with Gasteiger partial charge in [0.2, 0.25) is 5.75 Å². The molecule has 0 unspecified atom stereocenters. The molecule has 0 aromatic heterocycles. The molecule has 0 saturated carbocycles. The largest absolute Gasteiger partial charge is 0.490 e. The molecule has 0 radical (unpaired) electrons. The van der Waals surface area contributed by atoms with Crippen LogP contribution in [0.4, 0.5) is 16.2 Å². The van der Waals surface area contributed by atoms with Crippen LogP contribution < -0.4 is 9.47 Å². The lowest BCUT2D eigenvalue weighted by Crippen LogP contribution is -2.27. The molecule has 2 amide bonds. The fraction of sp³-hybridized carbons (Fsp3) is 0.120. The standard InChI is InChI=1S/C25H18BrN3O8S/c1-2-36-22-11-16(5-9-21(22)37-20-10-8-18(28(32)33)13-19(20)29(34)35)12-23-24(30)27(25(31)38-23)14-15-3-6-17(26)7-4-15/h3-13H,2,14H2,1H3/b23-12-. The summed E-state index contributed by atoms with van der Waals surface area (Å²) in [6.07, 6.45) is 1.55. The number of thioether (sulfide) groups is 1. The number of amides is 2. The summed E-state index contributed by atoms with van der Waals surface area (Å²) in [5.41, 5.74) is 0.314. The fourth-order valence-electron chi connectivity index (χ4n) is 3.49. The molecule has 1 aliphatic rings. The second-order valence-electron chi connectivity index (χ2n) is 7.80. The Morgan fingerprint density at radius 1 is 0.947 bits per heavy atom. The van der Waals surface area contributed by atoms with E-state index in [1.807, 2.05) is 24.3 Å². The monoisotopic (exact) mass is 599 g/mol. The molecule has 1 saturated heterocycles. The maximum atomic E-state index is 12.9. The molecule has 0 bridgehead atoms. The van der Waals surface area contributed by atoms with Crippen LogP contribution in [0.1, 0.15) is 18.1 Å². The molecular formula is C25H18BrN3O8S. The lowest BCUT2D eigenvalue weighted by molar-refractivity contribution is -0.394. The Labute approximate surface area is 228 Å². The SMILES string of the molecule is CCOc1cc(/C=C2\SC(=O)N(Cc3ccc(Br)cc3)C2=O)ccc1Oc1ccc([N+](=O)[O-])cc1[N+](=O)[O-]. The number of carbonyl (C=O) groups is 2. The topological polar surface area (TPSA) is 142 Å². The summed E-state index contributed by atoms with van der Waals surface area (Å²) in [4.78, 5) is 47.8. The van der Waals surface area contributed by atoms with Crippen molar-refractivity contribution in [2.24, 2.45) is 0 Å². The second kappa shape index (κ2) is 11.4. The van der Waals surface area contributed by atoms with Gasteiger partial charge in [0.15, 0.2) is 11.5 Å². The smallest absolute Gasteiger partial charge is 0.318 e. The number of halogens is 1. The number of imide groups is 1. The summed E-state index contributed by atoms with van der Waals surface area (Å²) in [6, 6.07) is 15.0. The highest BCUT2D eigenvalue weighted by molar-refractivity contribution is 9.10. The molecule has 0 spiro atoms. The van der Waals surface area contributed by atoms with E-state index in [0.29, 0.717) is 5.56 Å². The molecular weight excluding hydrogens is 582 g/mol. The third kappa shape index (κ3) is 6.01. The number of rotatable bonds is 9. The van der Waals surface area contributed by atoms with Crippen LogP contribution in [0.25, 0.3) is 6.08 Å². The average Bonchev–Trinajstić information content (AvgIpc) is 3.14. The highest BCUT2D eigenvalue weighted by Gasteiger charge is 2.35. The van der Waals surface area contributed by atoms with E-state index in [4.69, 9.17) is 9.47 Å². The number of ether oxygens (including phenoxy) is 2. The predicted molar refractivity (Wildman–Crippen MR) is 143 cm³/mol. The van der Waals surface area contributed by atoms with Crippen molar-refractivity contribution in [2.75, 3.05) is 6.61 Å². The van der Waals surface area contributed by atoms with Gasteiger partial charge in [0, 0.05) is 10.5 Å². The van der Waals surface area contributed by atoms with Crippen molar-refractivity contribution in [2.45, 2.75) is 13.5 Å². The Hall–Kier alpha value is -4.23. The van der Waals surface area contributed by atoms with Gasteiger partial charge in [-0.15, -0.1) is 0 Å². The van der Waals surface area contributed by atoms with Crippen LogP contribution in [0.15, 0.2) is 70.0 Å². The van der Waals surface area contributed by atoms with Gasteiger partial charge in [-0.2, -0.15) is 0 Å². The molecule has 0 N–H and O–H groups in total. The van der Waals surface area contributed by atoms with Gasteiger partial charge in [-0.1, -0.05) is 34.1 Å². The minimum atomic E-state index is -0.776. The van der Waals surface area contributed by atoms with Crippen molar-refractivity contribution < 1.29 is 28.9 Å². The minimum Gasteiger partial charge on any atom is -0.490 e. The Bertz CT molecular complexity index is 1480. The zero-order chi connectivity index (χ0) is 27.4. The number of nitro benzene ring substituents is 2. The van der Waals surface area contributed by atoms with E-state index >= 15 is 0 Å². The van der Waals surface area contributed by atoms with Crippen molar-refractivity contribution in [3.05, 3.63) is 101 Å². The molecule has 0 atom stereocenters. The lowest BCUT2D eigenvalue weighted by atomic mass is 10.1. The van der Waals surface area contributed by atoms with Crippen LogP contribution in [-0.2, 0) is 11.3 Å². The summed E-state index contributed by atoms with van der Waals surface area (Å²) in [7, 11) is 0. The van der Waals surface area contributed by atoms with Crippen LogP contribution in [0.5, 0.6) is 17.2 Å². The van der Waals surface area contributed by atoms with Gasteiger partial charge in [0.1, 0.15) is 0 Å². The number of non-ortho nitro benzene ring substituents is 1. The Morgan fingerprint density at radius 2 is 1.66 bits per heavy atom. The summed E-state index contributed by atoms with van der Waals surface area (Å²) >= 11 is 4.17. The normalized spacial score (nSPS) is 14.2. The van der Waals surface area contributed by atoms with Gasteiger partial charge >= 0.3 is 5.69 Å². The summed E-state index contributed by atoms with van der Waals surface area (Å²) in [5, 5.41) is 22.1. The Morgan fingerprint density at radius 3 is 2.32 bits per heavy atom. The summed E-state index contributed by atoms with van der Waals surface area (Å²) in [6.45, 7) is 2.12. The Balaban J connectivity index is 1.59. The van der Waals surface area contributed by atoms with Crippen molar-refractivity contribution in [3.8, 4) is 17.2 Å². The molecule has 1 aliphatic heterocycles. The average molecular weight is 600 g/mol. The molecule has 38 heavy (non-hydrogen) atoms. The number of nitro groups is 2. The zero-order valence-corrected chi connectivity index (χ0v) is 22.1.